The van der Waals surface area contributed by atoms with Crippen LogP contribution in [0.4, 0.5) is 0 Å². The third kappa shape index (κ3) is 4.03. The van der Waals surface area contributed by atoms with Gasteiger partial charge in [-0.15, -0.1) is 23.1 Å². The maximum Gasteiger partial charge on any atom is 0.253 e. The van der Waals surface area contributed by atoms with Crippen LogP contribution in [0.15, 0.2) is 40.6 Å². The Morgan fingerprint density at radius 3 is 2.80 bits per heavy atom. The number of carbonyl (C=O) groups is 1. The number of carbonyl (C=O) groups excluding carboxylic acids is 1. The minimum Gasteiger partial charge on any atom is -0.351 e. The van der Waals surface area contributed by atoms with Gasteiger partial charge in [-0.25, -0.2) is 8.42 Å². The van der Waals surface area contributed by atoms with Gasteiger partial charge in [0.05, 0.1) is 11.9 Å². The van der Waals surface area contributed by atoms with Crippen molar-refractivity contribution in [2.45, 2.75) is 23.1 Å². The summed E-state index contributed by atoms with van der Waals surface area (Å²) in [5.74, 6) is 0.576. The van der Waals surface area contributed by atoms with E-state index in [1.807, 2.05) is 18.2 Å². The number of benzene rings is 1. The van der Waals surface area contributed by atoms with E-state index in [9.17, 15) is 13.2 Å². The van der Waals surface area contributed by atoms with Crippen molar-refractivity contribution in [3.05, 3.63) is 51.9 Å². The van der Waals surface area contributed by atoms with Crippen molar-refractivity contribution in [2.75, 3.05) is 12.3 Å². The molecule has 1 aromatic carbocycles. The number of nitrogens with one attached hydrogen (secondary N) is 1. The predicted octanol–water partition coefficient (Wildman–Crippen LogP) is 3.47. The van der Waals surface area contributed by atoms with Crippen molar-refractivity contribution in [3.63, 3.8) is 0 Å². The third-order valence-electron chi connectivity index (χ3n) is 3.73. The van der Waals surface area contributed by atoms with Gasteiger partial charge in [-0.2, -0.15) is 4.31 Å². The lowest BCUT2D eigenvalue weighted by Gasteiger charge is -2.23. The Labute approximate surface area is 160 Å². The quantitative estimate of drug-likeness (QED) is 0.810. The molecular weight excluding hydrogens is 400 g/mol. The monoisotopic (exact) mass is 416 g/mol. The zero-order chi connectivity index (χ0) is 18.0. The number of rotatable bonds is 5. The largest absolute Gasteiger partial charge is 0.351 e. The lowest BCUT2D eigenvalue weighted by atomic mass is 10.2. The van der Waals surface area contributed by atoms with Crippen LogP contribution < -0.4 is 5.32 Å². The minimum atomic E-state index is -3.61. The molecule has 1 atom stereocenters. The van der Waals surface area contributed by atoms with Crippen LogP contribution >= 0.6 is 34.7 Å². The number of hydrogen-bond donors (Lipinski definition) is 1. The van der Waals surface area contributed by atoms with E-state index in [0.29, 0.717) is 18.1 Å². The number of hydrogen-bond acceptors (Lipinski definition) is 5. The van der Waals surface area contributed by atoms with Crippen molar-refractivity contribution in [2.24, 2.45) is 0 Å². The SMILES string of the molecule is CC(=O)NCc1ccc(S(=O)(=O)N2CCSC2c2ccccc2Cl)s1. The average molecular weight is 417 g/mol. The molecule has 9 heteroatoms. The van der Waals surface area contributed by atoms with Crippen LogP contribution in [0.2, 0.25) is 5.02 Å². The molecule has 1 saturated heterocycles. The van der Waals surface area contributed by atoms with E-state index in [0.717, 1.165) is 16.2 Å². The van der Waals surface area contributed by atoms with Gasteiger partial charge in [-0.05, 0) is 23.8 Å². The Kier molecular flexibility index (Phi) is 5.75. The van der Waals surface area contributed by atoms with E-state index in [1.165, 1.54) is 22.6 Å². The molecule has 0 radical (unpaired) electrons. The topological polar surface area (TPSA) is 66.5 Å². The van der Waals surface area contributed by atoms with Gasteiger partial charge in [-0.3, -0.25) is 4.79 Å². The molecule has 2 aromatic rings. The summed E-state index contributed by atoms with van der Waals surface area (Å²) in [5, 5.41) is 2.93. The summed E-state index contributed by atoms with van der Waals surface area (Å²) >= 11 is 9.02. The van der Waals surface area contributed by atoms with E-state index < -0.39 is 10.0 Å². The number of amides is 1. The first-order chi connectivity index (χ1) is 11.9. The molecule has 25 heavy (non-hydrogen) atoms. The molecule has 2 heterocycles. The van der Waals surface area contributed by atoms with Gasteiger partial charge in [0.2, 0.25) is 5.91 Å². The highest BCUT2D eigenvalue weighted by Gasteiger charge is 2.38. The van der Waals surface area contributed by atoms with Crippen LogP contribution in [0.3, 0.4) is 0 Å². The summed E-state index contributed by atoms with van der Waals surface area (Å²) in [6, 6.07) is 10.7. The van der Waals surface area contributed by atoms with Crippen molar-refractivity contribution >= 4 is 50.6 Å². The molecular formula is C16H17ClN2O3S3. The van der Waals surface area contributed by atoms with Crippen LogP contribution in [0.5, 0.6) is 0 Å². The highest BCUT2D eigenvalue weighted by molar-refractivity contribution is 8.01. The first kappa shape index (κ1) is 18.7. The molecule has 0 spiro atoms. The van der Waals surface area contributed by atoms with Gasteiger partial charge >= 0.3 is 0 Å². The Balaban J connectivity index is 1.86. The highest BCUT2D eigenvalue weighted by Crippen LogP contribution is 2.44. The van der Waals surface area contributed by atoms with Crippen molar-refractivity contribution < 1.29 is 13.2 Å². The summed E-state index contributed by atoms with van der Waals surface area (Å²) in [4.78, 5) is 11.8. The lowest BCUT2D eigenvalue weighted by Crippen LogP contribution is -2.30. The standard InChI is InChI=1S/C16H17ClN2O3S3/c1-11(20)18-10-12-6-7-15(24-12)25(21,22)19-8-9-23-16(19)13-4-2-3-5-14(13)17/h2-7,16H,8-10H2,1H3,(H,18,20). The normalized spacial score (nSPS) is 18.4. The molecule has 1 aromatic heterocycles. The van der Waals surface area contributed by atoms with Gasteiger partial charge in [0, 0.05) is 29.1 Å². The minimum absolute atomic E-state index is 0.146. The number of thioether (sulfide) groups is 1. The molecule has 1 aliphatic rings. The maximum absolute atomic E-state index is 13.1. The smallest absolute Gasteiger partial charge is 0.253 e. The van der Waals surface area contributed by atoms with Gasteiger partial charge in [0.25, 0.3) is 10.0 Å². The summed E-state index contributed by atoms with van der Waals surface area (Å²) in [6.07, 6.45) is 0. The molecule has 1 fully saturated rings. The lowest BCUT2D eigenvalue weighted by molar-refractivity contribution is -0.119. The molecule has 3 rings (SSSR count). The molecule has 1 unspecified atom stereocenters. The van der Waals surface area contributed by atoms with Gasteiger partial charge in [0.1, 0.15) is 4.21 Å². The van der Waals surface area contributed by atoms with E-state index >= 15 is 0 Å². The number of halogens is 1. The molecule has 0 aliphatic carbocycles. The Hall–Kier alpha value is -1.06. The Morgan fingerprint density at radius 2 is 2.08 bits per heavy atom. The van der Waals surface area contributed by atoms with E-state index in [4.69, 9.17) is 11.6 Å². The summed E-state index contributed by atoms with van der Waals surface area (Å²) in [5.41, 5.74) is 0.810. The molecule has 134 valence electrons. The van der Waals surface area contributed by atoms with Crippen LogP contribution in [-0.4, -0.2) is 30.9 Å². The highest BCUT2D eigenvalue weighted by atomic mass is 35.5. The van der Waals surface area contributed by atoms with Gasteiger partial charge in [-0.1, -0.05) is 29.8 Å². The molecule has 0 bridgehead atoms. The second kappa shape index (κ2) is 7.67. The number of sulfonamides is 1. The zero-order valence-electron chi connectivity index (χ0n) is 13.4. The molecule has 0 saturated carbocycles. The second-order valence-corrected chi connectivity index (χ2v) is 10.4. The van der Waals surface area contributed by atoms with Crippen molar-refractivity contribution in [1.82, 2.24) is 9.62 Å². The first-order valence-electron chi connectivity index (χ1n) is 7.60. The molecule has 1 aliphatic heterocycles. The third-order valence-corrected chi connectivity index (χ3v) is 8.87. The molecule has 1 N–H and O–H groups in total. The fraction of sp³-hybridized carbons (Fsp3) is 0.312. The van der Waals surface area contributed by atoms with Crippen LogP contribution in [0.1, 0.15) is 22.7 Å². The van der Waals surface area contributed by atoms with Gasteiger partial charge < -0.3 is 5.32 Å². The van der Waals surface area contributed by atoms with Crippen molar-refractivity contribution in [3.8, 4) is 0 Å². The molecule has 1 amide bonds. The summed E-state index contributed by atoms with van der Waals surface area (Å²) in [7, 11) is -3.61. The zero-order valence-corrected chi connectivity index (χ0v) is 16.6. The van der Waals surface area contributed by atoms with Gasteiger partial charge in [0.15, 0.2) is 0 Å². The number of thiophene rings is 1. The first-order valence-corrected chi connectivity index (χ1v) is 11.3. The van der Waals surface area contributed by atoms with E-state index in [-0.39, 0.29) is 15.5 Å². The Morgan fingerprint density at radius 1 is 1.32 bits per heavy atom. The van der Waals surface area contributed by atoms with E-state index in [2.05, 4.69) is 5.32 Å². The molecule has 5 nitrogen and oxygen atoms in total. The summed E-state index contributed by atoms with van der Waals surface area (Å²) in [6.45, 7) is 2.21. The maximum atomic E-state index is 13.1. The van der Waals surface area contributed by atoms with E-state index in [1.54, 1.807) is 30.0 Å². The fourth-order valence-electron chi connectivity index (χ4n) is 2.54. The second-order valence-electron chi connectivity index (χ2n) is 5.49. The number of nitrogens with zero attached hydrogens (tertiary/aromatic N) is 1. The van der Waals surface area contributed by atoms with Crippen LogP contribution in [0, 0.1) is 0 Å². The Bertz CT molecular complexity index is 882. The van der Waals surface area contributed by atoms with Crippen molar-refractivity contribution in [1.29, 1.82) is 0 Å². The summed E-state index contributed by atoms with van der Waals surface area (Å²) < 4.78 is 27.9. The van der Waals surface area contributed by atoms with Crippen LogP contribution in [-0.2, 0) is 21.4 Å². The predicted molar refractivity (Wildman–Crippen MR) is 102 cm³/mol. The average Bonchev–Trinajstić information content (AvgIpc) is 3.23. The fourth-order valence-corrected chi connectivity index (χ4v) is 7.54. The van der Waals surface area contributed by atoms with Crippen LogP contribution in [0.25, 0.3) is 0 Å².